The van der Waals surface area contributed by atoms with E-state index in [4.69, 9.17) is 44.9 Å². The molecule has 0 aliphatic carbocycles. The van der Waals surface area contributed by atoms with Crippen molar-refractivity contribution in [3.05, 3.63) is 177 Å². The quantitative estimate of drug-likeness (QED) is 0.254. The predicted octanol–water partition coefficient (Wildman–Crippen LogP) is 3.05. The molecule has 8 aromatic rings. The molecule has 11 nitrogen and oxygen atoms in total. The van der Waals surface area contributed by atoms with E-state index >= 15 is 0 Å². The van der Waals surface area contributed by atoms with E-state index in [1.807, 2.05) is 121 Å². The summed E-state index contributed by atoms with van der Waals surface area (Å²) in [6.07, 6.45) is 0. The van der Waals surface area contributed by atoms with Crippen LogP contribution in [0.15, 0.2) is 161 Å². The van der Waals surface area contributed by atoms with Crippen LogP contribution in [0.5, 0.6) is 0 Å². The molecule has 4 aliphatic heterocycles. The summed E-state index contributed by atoms with van der Waals surface area (Å²) in [4.78, 5) is 54.9. The molecule has 12 rings (SSSR count). The van der Waals surface area contributed by atoms with Crippen molar-refractivity contribution in [3.63, 3.8) is 0 Å². The molecule has 0 fully saturated rings. The molecule has 7 heterocycles. The van der Waals surface area contributed by atoms with Gasteiger partial charge >= 0.3 is 0 Å². The number of hydrogen-bond donors (Lipinski definition) is 2. The molecule has 2 N–H and O–H groups in total. The number of amidine groups is 2. The molecule has 2 spiro atoms. The average Bonchev–Trinajstić information content (AvgIpc) is 3.94. The molecular formula is C40H22N11-. The third-order valence-electron chi connectivity index (χ3n) is 10.0. The van der Waals surface area contributed by atoms with Gasteiger partial charge in [-0.2, -0.15) is 0 Å². The number of rotatable bonds is 0. The van der Waals surface area contributed by atoms with Gasteiger partial charge in [-0.1, -0.05) is 121 Å². The molecule has 3 aromatic heterocycles. The van der Waals surface area contributed by atoms with Gasteiger partial charge in [-0.05, 0) is 10.8 Å². The van der Waals surface area contributed by atoms with Crippen molar-refractivity contribution in [2.24, 2.45) is 39.9 Å². The van der Waals surface area contributed by atoms with Gasteiger partial charge in [0.05, 0.1) is 0 Å². The first-order valence-electron chi connectivity index (χ1n) is 16.7. The molecule has 0 saturated carbocycles. The van der Waals surface area contributed by atoms with Gasteiger partial charge in [-0.3, -0.25) is 0 Å². The molecule has 238 valence electrons. The number of nitrogens with one attached hydrogen (secondary N) is 2. The van der Waals surface area contributed by atoms with Gasteiger partial charge < -0.3 is 24.9 Å². The van der Waals surface area contributed by atoms with Gasteiger partial charge in [0.15, 0.2) is 11.7 Å². The third-order valence-corrected chi connectivity index (χ3v) is 10.0. The second kappa shape index (κ2) is 9.30. The summed E-state index contributed by atoms with van der Waals surface area (Å²) in [6.45, 7) is 0. The first-order chi connectivity index (χ1) is 25.1. The smallest absolute Gasteiger partial charge is 0.220 e. The highest BCUT2D eigenvalue weighted by Gasteiger charge is 2.39. The van der Waals surface area contributed by atoms with Crippen LogP contribution in [0.4, 0.5) is 0 Å². The van der Waals surface area contributed by atoms with E-state index in [2.05, 4.69) is 9.97 Å². The van der Waals surface area contributed by atoms with Crippen LogP contribution in [-0.4, -0.2) is 21.6 Å². The summed E-state index contributed by atoms with van der Waals surface area (Å²) in [6, 6.07) is 40.0. The van der Waals surface area contributed by atoms with Crippen LogP contribution in [0.3, 0.4) is 0 Å². The lowest BCUT2D eigenvalue weighted by molar-refractivity contribution is 0.470. The average molecular weight is 657 g/mol. The largest absolute Gasteiger partial charge is 0.358 e. The van der Waals surface area contributed by atoms with Gasteiger partial charge in [0, 0.05) is 54.8 Å². The monoisotopic (exact) mass is 656 g/mol. The van der Waals surface area contributed by atoms with Crippen LogP contribution >= 0.6 is 0 Å². The lowest BCUT2D eigenvalue weighted by Gasteiger charge is -2.22. The van der Waals surface area contributed by atoms with Crippen molar-refractivity contribution < 1.29 is 0 Å². The van der Waals surface area contributed by atoms with E-state index in [-0.39, 0.29) is 0 Å². The fourth-order valence-corrected chi connectivity index (χ4v) is 7.76. The number of benzene rings is 5. The Morgan fingerprint density at radius 3 is 1.20 bits per heavy atom. The molecule has 0 radical (unpaired) electrons. The van der Waals surface area contributed by atoms with Gasteiger partial charge in [0.25, 0.3) is 0 Å². The lowest BCUT2D eigenvalue weighted by atomic mass is 10.0. The van der Waals surface area contributed by atoms with Crippen LogP contribution in [0.1, 0.15) is 22.3 Å². The summed E-state index contributed by atoms with van der Waals surface area (Å²) >= 11 is 0. The summed E-state index contributed by atoms with van der Waals surface area (Å²) in [7, 11) is 0. The highest BCUT2D eigenvalue weighted by molar-refractivity contribution is 6.05. The second-order valence-corrected chi connectivity index (χ2v) is 12.9. The SMILES string of the molecule is c1ccc2c(c1)C1=NC23N=c2[nH]c(c4ccccc24)=NC2=NC(/N=c4\[n-]c(c5ccccc45)=N3)(/N=c3/[nH]c(c4ccccc34)=N1)c1ccccc12. The van der Waals surface area contributed by atoms with Crippen LogP contribution in [0.25, 0.3) is 32.3 Å². The van der Waals surface area contributed by atoms with Crippen LogP contribution in [-0.2, 0) is 11.6 Å². The highest BCUT2D eigenvalue weighted by Crippen LogP contribution is 2.40. The molecule has 0 saturated heterocycles. The Balaban J connectivity index is 1.42. The zero-order chi connectivity index (χ0) is 33.3. The minimum atomic E-state index is -1.48. The number of H-pyrrole nitrogens is 2. The van der Waals surface area contributed by atoms with Crippen molar-refractivity contribution >= 4 is 44.0 Å². The van der Waals surface area contributed by atoms with Crippen molar-refractivity contribution in [3.8, 4) is 0 Å². The maximum absolute atomic E-state index is 5.42. The Bertz CT molecular complexity index is 3120. The topological polar surface area (TPSA) is 145 Å². The summed E-state index contributed by atoms with van der Waals surface area (Å²) in [5, 5.41) is 5.14. The standard InChI is InChI=1S/C40H22N11/c1-3-13-23-21(11-1)31-41-33(23)46-39-30-20-10-8-18-28(30)38(51-39)44-32-22-12-2-4-14-24(22)34(42-32)47-40(29-19-9-7-17-27(29)37(43-31)50-40)49-36-26-16-6-5-15-25(26)35(45-36)48-39/h1-20H,(H2-,41,42,43,44,45,46,47,48,49,50,51)/q-1. The molecule has 2 unspecified atom stereocenters. The van der Waals surface area contributed by atoms with E-state index in [1.54, 1.807) is 0 Å². The van der Waals surface area contributed by atoms with Gasteiger partial charge in [0.1, 0.15) is 22.0 Å². The zero-order valence-electron chi connectivity index (χ0n) is 26.6. The fourth-order valence-electron chi connectivity index (χ4n) is 7.76. The maximum atomic E-state index is 5.42. The van der Waals surface area contributed by atoms with E-state index in [0.29, 0.717) is 44.6 Å². The van der Waals surface area contributed by atoms with E-state index in [9.17, 15) is 0 Å². The number of hydrogen-bond acceptors (Lipinski definition) is 8. The van der Waals surface area contributed by atoms with E-state index in [1.165, 1.54) is 0 Å². The molecule has 10 bridgehead atoms. The first kappa shape index (κ1) is 26.8. The van der Waals surface area contributed by atoms with E-state index < -0.39 is 11.6 Å². The Morgan fingerprint density at radius 1 is 0.373 bits per heavy atom. The third kappa shape index (κ3) is 3.56. The summed E-state index contributed by atoms with van der Waals surface area (Å²) in [5.74, 6) is -1.99. The predicted molar refractivity (Wildman–Crippen MR) is 190 cm³/mol. The van der Waals surface area contributed by atoms with Crippen LogP contribution < -0.4 is 37.9 Å². The number of nitrogens with zero attached hydrogens (tertiary/aromatic N) is 9. The first-order valence-corrected chi connectivity index (χ1v) is 16.7. The van der Waals surface area contributed by atoms with Crippen molar-refractivity contribution in [2.75, 3.05) is 0 Å². The molecule has 0 amide bonds. The number of aromatic amines is 2. The Kier molecular flexibility index (Phi) is 4.88. The molecule has 5 aromatic carbocycles. The van der Waals surface area contributed by atoms with Crippen molar-refractivity contribution in [2.45, 2.75) is 11.6 Å². The Morgan fingerprint density at radius 2 is 0.745 bits per heavy atom. The Labute approximate surface area is 286 Å². The number of aliphatic imine (C=N–C) groups is 2. The van der Waals surface area contributed by atoms with Crippen LogP contribution in [0.2, 0.25) is 0 Å². The maximum Gasteiger partial charge on any atom is 0.220 e. The summed E-state index contributed by atoms with van der Waals surface area (Å²) < 4.78 is 0. The van der Waals surface area contributed by atoms with Crippen molar-refractivity contribution in [1.82, 2.24) is 15.0 Å². The number of fused-ring (bicyclic) bond motifs is 15. The van der Waals surface area contributed by atoms with E-state index in [0.717, 1.165) is 54.6 Å². The molecule has 4 aliphatic rings. The minimum Gasteiger partial charge on any atom is -0.358 e. The fraction of sp³-hybridized carbons (Fsp3) is 0.0500. The molecule has 11 heteroatoms. The minimum absolute atomic E-state index is 0.457. The zero-order valence-corrected chi connectivity index (χ0v) is 26.6. The molecular weight excluding hydrogens is 635 g/mol. The van der Waals surface area contributed by atoms with Gasteiger partial charge in [-0.25, -0.2) is 30.0 Å². The molecule has 2 atom stereocenters. The van der Waals surface area contributed by atoms with Gasteiger partial charge in [-0.15, -0.1) is 0 Å². The van der Waals surface area contributed by atoms with Gasteiger partial charge in [0.2, 0.25) is 11.6 Å². The normalized spacial score (nSPS) is 22.0. The Hall–Kier alpha value is -7.14. The highest BCUT2D eigenvalue weighted by atomic mass is 15.3. The molecule has 51 heavy (non-hydrogen) atoms. The van der Waals surface area contributed by atoms with Crippen molar-refractivity contribution in [1.29, 1.82) is 0 Å². The van der Waals surface area contributed by atoms with Crippen LogP contribution in [0, 0.1) is 0 Å². The summed E-state index contributed by atoms with van der Waals surface area (Å²) in [5.41, 5.74) is 6.48. The number of aromatic nitrogens is 3. The second-order valence-electron chi connectivity index (χ2n) is 12.9. The lowest BCUT2D eigenvalue weighted by Crippen LogP contribution is -2.29.